The van der Waals surface area contributed by atoms with Gasteiger partial charge in [-0.25, -0.2) is 23.7 Å². The molecule has 2 unspecified atom stereocenters. The number of anilines is 2. The number of halogens is 2. The summed E-state index contributed by atoms with van der Waals surface area (Å²) >= 11 is 5.25. The van der Waals surface area contributed by atoms with E-state index < -0.39 is 72.9 Å². The zero-order valence-corrected chi connectivity index (χ0v) is 23.9. The highest BCUT2D eigenvalue weighted by Gasteiger charge is 2.66. The Balaban J connectivity index is 1.32. The number of H-pyrrole nitrogens is 1. The predicted octanol–water partition coefficient (Wildman–Crippen LogP) is -1.25. The predicted molar refractivity (Wildman–Crippen MR) is 150 cm³/mol. The van der Waals surface area contributed by atoms with E-state index in [0.717, 1.165) is 23.4 Å². The number of nitrogens with two attached hydrogens (primary N) is 2. The largest absolute Gasteiger partial charge is 0.394 e. The fraction of sp³-hybridized carbons (Fsp3) is 0.435. The van der Waals surface area contributed by atoms with Gasteiger partial charge in [0.1, 0.15) is 30.6 Å². The molecular weight excluding hydrogens is 631 g/mol. The molecule has 2 fully saturated rings. The van der Waals surface area contributed by atoms with Crippen molar-refractivity contribution >= 4 is 52.3 Å². The summed E-state index contributed by atoms with van der Waals surface area (Å²) in [7, 11) is 0. The Bertz CT molecular complexity index is 1930. The van der Waals surface area contributed by atoms with Crippen LogP contribution in [0.25, 0.3) is 22.2 Å². The number of rotatable bonds is 7. The van der Waals surface area contributed by atoms with Gasteiger partial charge < -0.3 is 50.2 Å². The molecule has 9 N–H and O–H groups in total. The van der Waals surface area contributed by atoms with Crippen molar-refractivity contribution in [2.24, 2.45) is 0 Å². The van der Waals surface area contributed by atoms with Gasteiger partial charge in [-0.3, -0.25) is 14.3 Å². The molecule has 17 nitrogen and oxygen atoms in total. The monoisotopic (exact) mass is 655 g/mol. The highest BCUT2D eigenvalue weighted by atomic mass is 32.5. The molecule has 4 aromatic heterocycles. The molecular formula is C23H24F2N9O8PS. The van der Waals surface area contributed by atoms with E-state index >= 15 is 4.39 Å². The van der Waals surface area contributed by atoms with Gasteiger partial charge in [0.2, 0.25) is 17.8 Å². The van der Waals surface area contributed by atoms with E-state index in [2.05, 4.69) is 30.8 Å². The second-order valence-electron chi connectivity index (χ2n) is 10.2. The fourth-order valence-electron chi connectivity index (χ4n) is 5.35. The van der Waals surface area contributed by atoms with E-state index in [4.69, 9.17) is 43.7 Å². The molecule has 21 heteroatoms. The second-order valence-corrected chi connectivity index (χ2v) is 13.7. The average molecular weight is 656 g/mol. The van der Waals surface area contributed by atoms with Crippen molar-refractivity contribution in [3.05, 3.63) is 35.0 Å². The molecule has 0 radical (unpaired) electrons. The second kappa shape index (κ2) is 10.5. The SMILES string of the molecule is C#C[C@]1(COP(O)(=S)C2(O)[C@H](F)[C@@H](CO)O[C@H]2n2cnc3c(=O)[nH]c(N)nc32)O[C@@H](n2cc(F)c3c(N)ncnc32)C[C@@H]1O. The van der Waals surface area contributed by atoms with Crippen molar-refractivity contribution in [1.82, 2.24) is 34.1 Å². The summed E-state index contributed by atoms with van der Waals surface area (Å²) in [4.78, 5) is 41.6. The molecule has 0 spiro atoms. The third-order valence-corrected chi connectivity index (χ3v) is 10.7. The standard InChI is InChI=1S/C23H24F2N9O8PS/c1-2-22(11(36)3-12(42-22)33-4-9(24)13-16(26)28-7-29-17(13)33)6-40-43(39,44)23(38)15(25)10(5-35)41-20(23)34-8-30-14-18(34)31-21(27)32-19(14)37/h1,4,7-8,10-12,15,20,35-36,38H,3,5-6H2,(H,39,44)(H2,26,28,29)(H3,27,31,32,37)/t10-,11+,12-,15-,20-,22-,23?,43?/m1/s1. The first-order valence-electron chi connectivity index (χ1n) is 12.7. The summed E-state index contributed by atoms with van der Waals surface area (Å²) in [5, 5.41) is 29.3. The number of nitrogens with zero attached hydrogens (tertiary/aromatic N) is 6. The van der Waals surface area contributed by atoms with Crippen molar-refractivity contribution < 1.29 is 43.0 Å². The fourth-order valence-corrected chi connectivity index (χ4v) is 7.60. The number of hydrogen-bond acceptors (Lipinski definition) is 14. The van der Waals surface area contributed by atoms with Gasteiger partial charge >= 0.3 is 0 Å². The minimum atomic E-state index is -4.83. The number of aliphatic hydroxyl groups excluding tert-OH is 2. The van der Waals surface area contributed by atoms with E-state index in [1.165, 1.54) is 4.57 Å². The van der Waals surface area contributed by atoms with Crippen LogP contribution in [0.1, 0.15) is 18.9 Å². The maximum Gasteiger partial charge on any atom is 0.280 e. The summed E-state index contributed by atoms with van der Waals surface area (Å²) in [5.41, 5.74) is 8.13. The highest BCUT2D eigenvalue weighted by Crippen LogP contribution is 2.65. The Morgan fingerprint density at radius 3 is 2.77 bits per heavy atom. The van der Waals surface area contributed by atoms with Crippen LogP contribution in [0.3, 0.4) is 0 Å². The number of aromatic nitrogens is 7. The van der Waals surface area contributed by atoms with Gasteiger partial charge in [-0.15, -0.1) is 6.42 Å². The number of imidazole rings is 1. The molecule has 8 atom stereocenters. The van der Waals surface area contributed by atoms with Crippen LogP contribution in [0.4, 0.5) is 20.5 Å². The lowest BCUT2D eigenvalue weighted by atomic mass is 9.99. The molecule has 44 heavy (non-hydrogen) atoms. The molecule has 2 saturated heterocycles. The molecule has 234 valence electrons. The minimum Gasteiger partial charge on any atom is -0.394 e. The number of nitrogens with one attached hydrogen (secondary N) is 1. The van der Waals surface area contributed by atoms with Gasteiger partial charge in [-0.1, -0.05) is 5.92 Å². The van der Waals surface area contributed by atoms with E-state index in [9.17, 15) is 29.4 Å². The first kappa shape index (κ1) is 30.4. The Morgan fingerprint density at radius 1 is 1.32 bits per heavy atom. The summed E-state index contributed by atoms with van der Waals surface area (Å²) in [5.74, 6) is 1.02. The average Bonchev–Trinajstić information content (AvgIpc) is 3.71. The summed E-state index contributed by atoms with van der Waals surface area (Å²) in [6, 6.07) is 0. The quantitative estimate of drug-likeness (QED) is 0.0907. The van der Waals surface area contributed by atoms with Gasteiger partial charge in [-0.05, 0) is 11.8 Å². The number of aliphatic hydroxyl groups is 3. The first-order chi connectivity index (χ1) is 20.8. The normalized spacial score (nSPS) is 31.9. The molecule has 2 aliphatic heterocycles. The number of aromatic amines is 1. The molecule has 2 aliphatic rings. The lowest BCUT2D eigenvalue weighted by Crippen LogP contribution is -2.47. The number of fused-ring (bicyclic) bond motifs is 2. The zero-order chi connectivity index (χ0) is 31.8. The highest BCUT2D eigenvalue weighted by molar-refractivity contribution is 8.10. The maximum absolute atomic E-state index is 15.8. The summed E-state index contributed by atoms with van der Waals surface area (Å²) < 4.78 is 49.6. The number of alkyl halides is 1. The lowest BCUT2D eigenvalue weighted by Gasteiger charge is -2.38. The maximum atomic E-state index is 15.8. The first-order valence-corrected chi connectivity index (χ1v) is 15.4. The minimum absolute atomic E-state index is 0.0458. The Morgan fingerprint density at radius 2 is 2.07 bits per heavy atom. The van der Waals surface area contributed by atoms with Crippen LogP contribution in [0, 0.1) is 18.2 Å². The van der Waals surface area contributed by atoms with Crippen LogP contribution in [0.15, 0.2) is 23.6 Å². The van der Waals surface area contributed by atoms with E-state index in [1.54, 1.807) is 0 Å². The number of hydrogen-bond donors (Lipinski definition) is 7. The third kappa shape index (κ3) is 4.32. The lowest BCUT2D eigenvalue weighted by molar-refractivity contribution is -0.0919. The van der Waals surface area contributed by atoms with Crippen LogP contribution in [0.5, 0.6) is 0 Å². The summed E-state index contributed by atoms with van der Waals surface area (Å²) in [6.07, 6.45) is -0.211. The number of ether oxygens (including phenoxy) is 2. The number of terminal acetylenes is 1. The topological polar surface area (TPSA) is 255 Å². The molecule has 0 amide bonds. The Hall–Kier alpha value is -3.64. The van der Waals surface area contributed by atoms with Crippen LogP contribution in [-0.4, -0.2) is 96.8 Å². The van der Waals surface area contributed by atoms with Gasteiger partial charge in [0, 0.05) is 12.6 Å². The van der Waals surface area contributed by atoms with E-state index in [0.29, 0.717) is 0 Å². The van der Waals surface area contributed by atoms with Crippen molar-refractivity contribution in [2.75, 3.05) is 24.7 Å². The van der Waals surface area contributed by atoms with Gasteiger partial charge in [0.05, 0.1) is 24.9 Å². The molecule has 6 rings (SSSR count). The molecule has 0 bridgehead atoms. The van der Waals surface area contributed by atoms with Crippen LogP contribution in [-0.2, 0) is 25.8 Å². The molecule has 0 saturated carbocycles. The van der Waals surface area contributed by atoms with Crippen LogP contribution >= 0.6 is 6.49 Å². The van der Waals surface area contributed by atoms with Gasteiger partial charge in [0.25, 0.3) is 5.56 Å². The van der Waals surface area contributed by atoms with Gasteiger partial charge in [-0.2, -0.15) is 4.98 Å². The zero-order valence-electron chi connectivity index (χ0n) is 22.2. The number of nitrogen functional groups attached to an aromatic ring is 2. The third-order valence-electron chi connectivity index (χ3n) is 7.65. The Kier molecular flexibility index (Phi) is 7.23. The molecule has 4 aromatic rings. The smallest absolute Gasteiger partial charge is 0.280 e. The van der Waals surface area contributed by atoms with Crippen LogP contribution < -0.4 is 17.0 Å². The van der Waals surface area contributed by atoms with Crippen LogP contribution in [0.2, 0.25) is 0 Å². The Labute approximate surface area is 249 Å². The van der Waals surface area contributed by atoms with Crippen molar-refractivity contribution in [3.63, 3.8) is 0 Å². The molecule has 6 heterocycles. The molecule has 0 aromatic carbocycles. The van der Waals surface area contributed by atoms with Crippen molar-refractivity contribution in [2.45, 2.75) is 48.2 Å². The van der Waals surface area contributed by atoms with Crippen molar-refractivity contribution in [1.29, 1.82) is 0 Å². The van der Waals surface area contributed by atoms with Crippen molar-refractivity contribution in [3.8, 4) is 12.3 Å². The van der Waals surface area contributed by atoms with E-state index in [1.807, 2.05) is 0 Å². The summed E-state index contributed by atoms with van der Waals surface area (Å²) in [6.45, 7) is -6.67. The van der Waals surface area contributed by atoms with Gasteiger partial charge in [0.15, 0.2) is 40.6 Å². The molecule has 0 aliphatic carbocycles. The van der Waals surface area contributed by atoms with E-state index in [-0.39, 0.29) is 40.4 Å².